The van der Waals surface area contributed by atoms with E-state index in [2.05, 4.69) is 114 Å². The molecule has 5 rings (SSSR count). The zero-order chi connectivity index (χ0) is 39.1. The number of esters is 1. The Hall–Kier alpha value is -2.44. The van der Waals surface area contributed by atoms with Crippen LogP contribution in [0.3, 0.4) is 0 Å². The molecule has 2 fully saturated rings. The van der Waals surface area contributed by atoms with Gasteiger partial charge in [0.05, 0.1) is 24.5 Å². The highest BCUT2D eigenvalue weighted by Crippen LogP contribution is 2.53. The van der Waals surface area contributed by atoms with Crippen LogP contribution in [0.2, 0.25) is 36.3 Å². The van der Waals surface area contributed by atoms with E-state index in [4.69, 9.17) is 27.5 Å². The van der Waals surface area contributed by atoms with E-state index < -0.39 is 22.2 Å². The maximum atomic E-state index is 14.1. The van der Waals surface area contributed by atoms with Gasteiger partial charge in [0.25, 0.3) is 0 Å². The molecule has 53 heavy (non-hydrogen) atoms. The van der Waals surface area contributed by atoms with Gasteiger partial charge in [-0.3, -0.25) is 0 Å². The third kappa shape index (κ3) is 8.54. The molecule has 0 aliphatic carbocycles. The first kappa shape index (κ1) is 41.7. The lowest BCUT2D eigenvalue weighted by Gasteiger charge is -2.44. The quantitative estimate of drug-likeness (QED) is 0.0866. The number of benzene rings is 2. The van der Waals surface area contributed by atoms with Gasteiger partial charge in [-0.1, -0.05) is 106 Å². The molecule has 3 heterocycles. The van der Waals surface area contributed by atoms with E-state index in [0.717, 1.165) is 64.7 Å². The number of furan rings is 1. The SMILES string of the molecule is CCC[C@@H](c1coc2c(CO[Si](C)(C)C(C)(C)C)c(OCc3ccccc3)c(CC(C)C)cc12)[C@H]1C[C@@H](O[Si](C)(C)C(C)(C)C)C2(OC2CC)C(=O)O1. The van der Waals surface area contributed by atoms with Crippen LogP contribution in [0.4, 0.5) is 0 Å². The summed E-state index contributed by atoms with van der Waals surface area (Å²) in [5.41, 5.74) is 4.05. The fraction of sp³-hybridized carbons (Fsp3) is 0.659. The Labute approximate surface area is 322 Å². The van der Waals surface area contributed by atoms with E-state index in [-0.39, 0.29) is 40.3 Å². The molecule has 1 aromatic heterocycles. The number of ether oxygens (including phenoxy) is 3. The summed E-state index contributed by atoms with van der Waals surface area (Å²) < 4.78 is 40.1. The van der Waals surface area contributed by atoms with Gasteiger partial charge < -0.3 is 27.5 Å². The van der Waals surface area contributed by atoms with Crippen LogP contribution < -0.4 is 4.74 Å². The molecule has 0 bridgehead atoms. The van der Waals surface area contributed by atoms with E-state index >= 15 is 0 Å². The van der Waals surface area contributed by atoms with E-state index in [1.807, 2.05) is 24.5 Å². The summed E-state index contributed by atoms with van der Waals surface area (Å²) >= 11 is 0. The number of cyclic esters (lactones) is 1. The van der Waals surface area contributed by atoms with E-state index in [0.29, 0.717) is 25.6 Å². The summed E-state index contributed by atoms with van der Waals surface area (Å²) in [6, 6.07) is 12.6. The van der Waals surface area contributed by atoms with Gasteiger partial charge in [-0.25, -0.2) is 4.79 Å². The maximum absolute atomic E-state index is 14.1. The van der Waals surface area contributed by atoms with Crippen LogP contribution in [0.5, 0.6) is 5.75 Å². The molecule has 0 N–H and O–H groups in total. The molecule has 7 nitrogen and oxygen atoms in total. The largest absolute Gasteiger partial charge is 0.488 e. The Balaban J connectivity index is 1.61. The molecule has 294 valence electrons. The maximum Gasteiger partial charge on any atom is 0.344 e. The number of hydrogen-bond acceptors (Lipinski definition) is 7. The summed E-state index contributed by atoms with van der Waals surface area (Å²) in [5, 5.41) is 1.08. The summed E-state index contributed by atoms with van der Waals surface area (Å²) in [4.78, 5) is 14.1. The molecule has 2 saturated heterocycles. The highest BCUT2D eigenvalue weighted by molar-refractivity contribution is 6.74. The molecule has 0 amide bonds. The molecule has 2 aromatic carbocycles. The predicted octanol–water partition coefficient (Wildman–Crippen LogP) is 11.9. The van der Waals surface area contributed by atoms with Crippen LogP contribution in [0, 0.1) is 5.92 Å². The Bertz CT molecular complexity index is 1720. The number of rotatable bonds is 15. The summed E-state index contributed by atoms with van der Waals surface area (Å²) in [7, 11) is -4.38. The second kappa shape index (κ2) is 15.6. The topological polar surface area (TPSA) is 79.7 Å². The summed E-state index contributed by atoms with van der Waals surface area (Å²) in [5.74, 6) is 0.895. The average Bonchev–Trinajstić information content (AvgIpc) is 3.66. The van der Waals surface area contributed by atoms with Gasteiger partial charge in [-0.2, -0.15) is 0 Å². The van der Waals surface area contributed by atoms with Crippen molar-refractivity contribution in [2.45, 2.75) is 181 Å². The second-order valence-electron chi connectivity index (χ2n) is 19.1. The molecular formula is C44H68O7Si2. The van der Waals surface area contributed by atoms with Crippen LogP contribution in [0.25, 0.3) is 11.0 Å². The van der Waals surface area contributed by atoms with Gasteiger partial charge in [0.15, 0.2) is 16.6 Å². The Morgan fingerprint density at radius 3 is 2.17 bits per heavy atom. The highest BCUT2D eigenvalue weighted by Gasteiger charge is 2.71. The standard InChI is InChI=1S/C44H68O7Si2/c1-15-20-32(36-25-38(51-53(13,14)43(8,9)10)44(41(45)49-36)37(16-2)50-44)34-27-47-40-33(34)24-31(23-29(3)4)39(46-26-30-21-18-17-19-22-30)35(40)28-48-52(11,12)42(5,6)7/h17-19,21-22,24,27,29,32,36-38H,15-16,20,23,25-26,28H2,1-14H3/t32-,36+,37?,38+,44?/m0/s1. The Morgan fingerprint density at radius 1 is 0.943 bits per heavy atom. The van der Waals surface area contributed by atoms with Crippen molar-refractivity contribution in [1.29, 1.82) is 0 Å². The third-order valence-electron chi connectivity index (χ3n) is 12.6. The molecule has 0 saturated carbocycles. The smallest absolute Gasteiger partial charge is 0.344 e. The molecule has 9 heteroatoms. The van der Waals surface area contributed by atoms with Crippen LogP contribution in [0.1, 0.15) is 123 Å². The van der Waals surface area contributed by atoms with Crippen LogP contribution in [0.15, 0.2) is 47.1 Å². The number of carbonyl (C=O) groups is 1. The Kier molecular flexibility index (Phi) is 12.3. The zero-order valence-electron chi connectivity index (χ0n) is 35.2. The molecule has 3 aromatic rings. The first-order valence-electron chi connectivity index (χ1n) is 20.1. The first-order valence-corrected chi connectivity index (χ1v) is 25.9. The molecule has 5 atom stereocenters. The van der Waals surface area contributed by atoms with Crippen LogP contribution in [-0.4, -0.2) is 46.5 Å². The zero-order valence-corrected chi connectivity index (χ0v) is 37.2. The predicted molar refractivity (Wildman–Crippen MR) is 220 cm³/mol. The van der Waals surface area contributed by atoms with Crippen molar-refractivity contribution < 1.29 is 32.3 Å². The minimum Gasteiger partial charge on any atom is -0.488 e. The normalized spacial score (nSPS) is 23.2. The number of hydrogen-bond donors (Lipinski definition) is 0. The first-order chi connectivity index (χ1) is 24.7. The van der Waals surface area contributed by atoms with Crippen molar-refractivity contribution in [2.24, 2.45) is 5.92 Å². The van der Waals surface area contributed by atoms with Crippen molar-refractivity contribution in [3.05, 3.63) is 64.9 Å². The molecule has 2 unspecified atom stereocenters. The minimum atomic E-state index is -2.24. The van der Waals surface area contributed by atoms with Crippen LogP contribution in [-0.2, 0) is 42.8 Å². The summed E-state index contributed by atoms with van der Waals surface area (Å²) in [6.45, 7) is 32.2. The monoisotopic (exact) mass is 764 g/mol. The average molecular weight is 765 g/mol. The van der Waals surface area contributed by atoms with Crippen molar-refractivity contribution in [1.82, 2.24) is 0 Å². The van der Waals surface area contributed by atoms with Crippen molar-refractivity contribution in [3.63, 3.8) is 0 Å². The second-order valence-corrected chi connectivity index (χ2v) is 28.6. The number of carbonyl (C=O) groups excluding carboxylic acids is 1. The van der Waals surface area contributed by atoms with Gasteiger partial charge in [0.1, 0.15) is 30.1 Å². The minimum absolute atomic E-state index is 0.0127. The highest BCUT2D eigenvalue weighted by atomic mass is 28.4. The van der Waals surface area contributed by atoms with Gasteiger partial charge in [-0.05, 0) is 78.6 Å². The lowest BCUT2D eigenvalue weighted by molar-refractivity contribution is -0.173. The third-order valence-corrected chi connectivity index (χ3v) is 21.5. The number of fused-ring (bicyclic) bond motifs is 1. The van der Waals surface area contributed by atoms with Crippen molar-refractivity contribution in [2.75, 3.05) is 0 Å². The van der Waals surface area contributed by atoms with Gasteiger partial charge in [0, 0.05) is 23.3 Å². The van der Waals surface area contributed by atoms with Crippen molar-refractivity contribution >= 4 is 33.6 Å². The molecule has 0 radical (unpaired) electrons. The number of epoxide rings is 1. The van der Waals surface area contributed by atoms with Crippen molar-refractivity contribution in [3.8, 4) is 5.75 Å². The fourth-order valence-corrected chi connectivity index (χ4v) is 9.58. The van der Waals surface area contributed by atoms with Gasteiger partial charge in [0.2, 0.25) is 5.60 Å². The van der Waals surface area contributed by atoms with E-state index in [1.54, 1.807) is 0 Å². The lowest BCUT2D eigenvalue weighted by atomic mass is 9.81. The van der Waals surface area contributed by atoms with E-state index in [9.17, 15) is 4.79 Å². The van der Waals surface area contributed by atoms with Gasteiger partial charge in [-0.15, -0.1) is 0 Å². The van der Waals surface area contributed by atoms with Crippen LogP contribution >= 0.6 is 0 Å². The summed E-state index contributed by atoms with van der Waals surface area (Å²) in [6.07, 6.45) is 4.93. The Morgan fingerprint density at radius 2 is 1.60 bits per heavy atom. The lowest BCUT2D eigenvalue weighted by Crippen LogP contribution is -2.57. The molecular weight excluding hydrogens is 697 g/mol. The van der Waals surface area contributed by atoms with Gasteiger partial charge >= 0.3 is 5.97 Å². The molecule has 1 spiro atoms. The fourth-order valence-electron chi connectivity index (χ4n) is 7.30. The van der Waals surface area contributed by atoms with E-state index in [1.165, 1.54) is 0 Å². The molecule has 2 aliphatic heterocycles. The molecule has 2 aliphatic rings.